The maximum Gasteiger partial charge on any atom is 0.281 e. The summed E-state index contributed by atoms with van der Waals surface area (Å²) < 4.78 is 26.4. The van der Waals surface area contributed by atoms with Crippen molar-refractivity contribution < 1.29 is 8.42 Å². The van der Waals surface area contributed by atoms with E-state index in [1.165, 1.54) is 17.5 Å². The highest BCUT2D eigenvalue weighted by molar-refractivity contribution is 7.92. The lowest BCUT2D eigenvalue weighted by Gasteiger charge is -2.20. The number of nitrogens with zero attached hydrogens (tertiary/aromatic N) is 2. The van der Waals surface area contributed by atoms with Gasteiger partial charge in [-0.2, -0.15) is 13.5 Å². The number of sulfonamides is 1. The van der Waals surface area contributed by atoms with Crippen molar-refractivity contribution in [2.75, 3.05) is 11.4 Å². The Labute approximate surface area is 123 Å². The smallest absolute Gasteiger partial charge is 0.268 e. The van der Waals surface area contributed by atoms with Gasteiger partial charge >= 0.3 is 0 Å². The number of nitrogens with one attached hydrogen (secondary N) is 1. The molecule has 1 heterocycles. The van der Waals surface area contributed by atoms with Crippen molar-refractivity contribution in [2.45, 2.75) is 24.8 Å². The normalized spacial score (nSPS) is 11.6. The van der Waals surface area contributed by atoms with Crippen LogP contribution in [0, 0.1) is 13.8 Å². The van der Waals surface area contributed by atoms with Crippen LogP contribution in [-0.4, -0.2) is 25.7 Å². The molecule has 5 nitrogen and oxygen atoms in total. The molecule has 0 saturated carbocycles. The fourth-order valence-electron chi connectivity index (χ4n) is 2.03. The summed E-state index contributed by atoms with van der Waals surface area (Å²) in [6.45, 7) is 3.86. The van der Waals surface area contributed by atoms with Gasteiger partial charge in [0, 0.05) is 12.6 Å². The highest BCUT2D eigenvalue weighted by Crippen LogP contribution is 2.25. The highest BCUT2D eigenvalue weighted by Gasteiger charge is 2.26. The van der Waals surface area contributed by atoms with Crippen LogP contribution in [0.5, 0.6) is 0 Å². The van der Waals surface area contributed by atoms with Gasteiger partial charge in [-0.3, -0.25) is 9.40 Å². The average Bonchev–Trinajstić information content (AvgIpc) is 2.85. The summed E-state index contributed by atoms with van der Waals surface area (Å²) in [6, 6.07) is 5.63. The molecule has 0 unspecified atom stereocenters. The third kappa shape index (κ3) is 2.66. The average molecular weight is 314 g/mol. The molecule has 1 aromatic heterocycles. The number of benzene rings is 1. The van der Waals surface area contributed by atoms with Crippen molar-refractivity contribution in [2.24, 2.45) is 0 Å². The minimum absolute atomic E-state index is 0.0363. The molecule has 0 fully saturated rings. The molecule has 20 heavy (non-hydrogen) atoms. The summed E-state index contributed by atoms with van der Waals surface area (Å²) in [5.41, 5.74) is 3.08. The summed E-state index contributed by atoms with van der Waals surface area (Å²) in [5, 5.41) is 6.30. The topological polar surface area (TPSA) is 66.1 Å². The summed E-state index contributed by atoms with van der Waals surface area (Å²) in [4.78, 5) is 0. The van der Waals surface area contributed by atoms with E-state index in [-0.39, 0.29) is 10.9 Å². The van der Waals surface area contributed by atoms with Gasteiger partial charge in [0.25, 0.3) is 10.0 Å². The number of halogens is 1. The lowest BCUT2D eigenvalue weighted by molar-refractivity contribution is 0.589. The van der Waals surface area contributed by atoms with E-state index in [0.29, 0.717) is 11.3 Å². The number of hydrogen-bond acceptors (Lipinski definition) is 3. The monoisotopic (exact) mass is 313 g/mol. The predicted molar refractivity (Wildman–Crippen MR) is 79.6 cm³/mol. The standard InChI is InChI=1S/C13H16ClN3O2S/c1-9-4-10(2)6-12(5-9)17(3)20(18,19)13-11(7-14)8-15-16-13/h4-6,8H,7H2,1-3H3,(H,15,16). The Morgan fingerprint density at radius 2 is 1.85 bits per heavy atom. The Morgan fingerprint density at radius 3 is 2.40 bits per heavy atom. The SMILES string of the molecule is Cc1cc(C)cc(N(C)S(=O)(=O)c2[nH]ncc2CCl)c1. The third-order valence-electron chi connectivity index (χ3n) is 3.01. The Morgan fingerprint density at radius 1 is 1.25 bits per heavy atom. The molecule has 1 N–H and O–H groups in total. The maximum atomic E-state index is 12.6. The van der Waals surface area contributed by atoms with Crippen LogP contribution in [0.1, 0.15) is 16.7 Å². The molecule has 0 aliphatic heterocycles. The quantitative estimate of drug-likeness (QED) is 0.882. The molecule has 0 atom stereocenters. The zero-order valence-corrected chi connectivity index (χ0v) is 13.1. The number of alkyl halides is 1. The molecule has 0 aliphatic carbocycles. The van der Waals surface area contributed by atoms with Crippen molar-refractivity contribution in [3.8, 4) is 0 Å². The van der Waals surface area contributed by atoms with E-state index in [9.17, 15) is 8.42 Å². The summed E-state index contributed by atoms with van der Waals surface area (Å²) in [6.07, 6.45) is 1.43. The van der Waals surface area contributed by atoms with Crippen molar-refractivity contribution in [3.05, 3.63) is 41.1 Å². The fraction of sp³-hybridized carbons (Fsp3) is 0.308. The van der Waals surface area contributed by atoms with Crippen LogP contribution in [0.4, 0.5) is 5.69 Å². The van der Waals surface area contributed by atoms with E-state index in [0.717, 1.165) is 11.1 Å². The first-order valence-electron chi connectivity index (χ1n) is 6.01. The Balaban J connectivity index is 2.49. The first-order chi connectivity index (χ1) is 9.36. The molecule has 0 saturated heterocycles. The summed E-state index contributed by atoms with van der Waals surface area (Å²) in [5.74, 6) is 0.0890. The number of aryl methyl sites for hydroxylation is 2. The van der Waals surface area contributed by atoms with E-state index in [4.69, 9.17) is 11.6 Å². The van der Waals surface area contributed by atoms with Crippen molar-refractivity contribution >= 4 is 27.3 Å². The Kier molecular flexibility index (Phi) is 4.06. The molecule has 7 heteroatoms. The molecule has 2 rings (SSSR count). The molecule has 0 aliphatic rings. The van der Waals surface area contributed by atoms with E-state index < -0.39 is 10.0 Å². The molecule has 1 aromatic carbocycles. The zero-order chi connectivity index (χ0) is 14.9. The summed E-state index contributed by atoms with van der Waals surface area (Å²) in [7, 11) is -2.18. The maximum absolute atomic E-state index is 12.6. The minimum Gasteiger partial charge on any atom is -0.268 e. The molecule has 0 spiro atoms. The van der Waals surface area contributed by atoms with Gasteiger partial charge in [0.2, 0.25) is 0 Å². The van der Waals surface area contributed by atoms with E-state index >= 15 is 0 Å². The van der Waals surface area contributed by atoms with Crippen LogP contribution in [0.2, 0.25) is 0 Å². The van der Waals surface area contributed by atoms with Crippen molar-refractivity contribution in [3.63, 3.8) is 0 Å². The van der Waals surface area contributed by atoms with Crippen LogP contribution >= 0.6 is 11.6 Å². The van der Waals surface area contributed by atoms with Crippen LogP contribution < -0.4 is 4.31 Å². The van der Waals surface area contributed by atoms with E-state index in [2.05, 4.69) is 10.2 Å². The molecule has 2 aromatic rings. The second-order valence-corrected chi connectivity index (χ2v) is 6.85. The lowest BCUT2D eigenvalue weighted by atomic mass is 10.1. The molecule has 0 bridgehead atoms. The van der Waals surface area contributed by atoms with Gasteiger partial charge in [0.15, 0.2) is 5.03 Å². The van der Waals surface area contributed by atoms with Gasteiger partial charge < -0.3 is 0 Å². The third-order valence-corrected chi connectivity index (χ3v) is 5.10. The van der Waals surface area contributed by atoms with Gasteiger partial charge in [-0.15, -0.1) is 11.6 Å². The number of anilines is 1. The van der Waals surface area contributed by atoms with Crippen LogP contribution in [0.25, 0.3) is 0 Å². The van der Waals surface area contributed by atoms with Crippen molar-refractivity contribution in [1.29, 1.82) is 0 Å². The molecular formula is C13H16ClN3O2S. The summed E-state index contributed by atoms with van der Waals surface area (Å²) >= 11 is 5.74. The lowest BCUT2D eigenvalue weighted by Crippen LogP contribution is -2.27. The van der Waals surface area contributed by atoms with E-state index in [1.807, 2.05) is 32.0 Å². The van der Waals surface area contributed by atoms with Crippen LogP contribution in [-0.2, 0) is 15.9 Å². The Hall–Kier alpha value is -1.53. The van der Waals surface area contributed by atoms with Crippen LogP contribution in [0.15, 0.2) is 29.4 Å². The predicted octanol–water partition coefficient (Wildman–Crippen LogP) is 2.59. The van der Waals surface area contributed by atoms with Gasteiger partial charge in [0.1, 0.15) is 0 Å². The number of aromatic amines is 1. The molecule has 0 radical (unpaired) electrons. The van der Waals surface area contributed by atoms with Gasteiger partial charge in [-0.1, -0.05) is 6.07 Å². The molecule has 108 valence electrons. The van der Waals surface area contributed by atoms with Crippen LogP contribution in [0.3, 0.4) is 0 Å². The molecule has 0 amide bonds. The number of rotatable bonds is 4. The van der Waals surface area contributed by atoms with Gasteiger partial charge in [0.05, 0.1) is 17.8 Å². The van der Waals surface area contributed by atoms with Gasteiger partial charge in [-0.25, -0.2) is 0 Å². The first-order valence-corrected chi connectivity index (χ1v) is 7.99. The number of aromatic nitrogens is 2. The molecular weight excluding hydrogens is 298 g/mol. The van der Waals surface area contributed by atoms with Crippen molar-refractivity contribution in [1.82, 2.24) is 10.2 Å². The zero-order valence-electron chi connectivity index (χ0n) is 11.5. The second kappa shape index (κ2) is 5.46. The fourth-order valence-corrected chi connectivity index (χ4v) is 3.59. The van der Waals surface area contributed by atoms with Gasteiger partial charge in [-0.05, 0) is 37.1 Å². The number of H-pyrrole nitrogens is 1. The number of hydrogen-bond donors (Lipinski definition) is 1. The largest absolute Gasteiger partial charge is 0.281 e. The highest BCUT2D eigenvalue weighted by atomic mass is 35.5. The Bertz CT molecular complexity index is 705. The first kappa shape index (κ1) is 14.9. The minimum atomic E-state index is -3.69. The second-order valence-electron chi connectivity index (χ2n) is 4.68. The van der Waals surface area contributed by atoms with E-state index in [1.54, 1.807) is 0 Å².